The summed E-state index contributed by atoms with van der Waals surface area (Å²) in [5, 5.41) is -0.635. The molecule has 1 rings (SSSR count). The van der Waals surface area contributed by atoms with Gasteiger partial charge in [0.15, 0.2) is 0 Å². The molecule has 0 aromatic rings. The molecule has 1 saturated carbocycles. The topological polar surface area (TPSA) is 72.5 Å². The number of hydrogen-bond donors (Lipinski definition) is 1. The minimum absolute atomic E-state index is 0.0982. The van der Waals surface area contributed by atoms with Gasteiger partial charge in [0, 0.05) is 6.04 Å². The summed E-state index contributed by atoms with van der Waals surface area (Å²) in [6.07, 6.45) is 2.62. The largest absolute Gasteiger partial charge is 0.469 e. The lowest BCUT2D eigenvalue weighted by Crippen LogP contribution is -2.42. The molecule has 1 aliphatic carbocycles. The number of carbonyl (C=O) groups is 1. The maximum absolute atomic E-state index is 12.1. The van der Waals surface area contributed by atoms with Crippen molar-refractivity contribution in [1.82, 2.24) is 4.72 Å². The summed E-state index contributed by atoms with van der Waals surface area (Å²) in [5.41, 5.74) is 0. The SMILES string of the molecule is CCC(C)NS(=O)(=O)C1CCCC1C(=O)OC. The van der Waals surface area contributed by atoms with E-state index in [0.717, 1.165) is 12.8 Å². The number of carbonyl (C=O) groups excluding carboxylic acids is 1. The molecule has 0 heterocycles. The Morgan fingerprint density at radius 3 is 2.65 bits per heavy atom. The maximum atomic E-state index is 12.1. The highest BCUT2D eigenvalue weighted by Crippen LogP contribution is 2.31. The Kier molecular flexibility index (Phi) is 4.94. The van der Waals surface area contributed by atoms with Crippen LogP contribution in [0.3, 0.4) is 0 Å². The third kappa shape index (κ3) is 3.42. The van der Waals surface area contributed by atoms with Gasteiger partial charge in [-0.25, -0.2) is 13.1 Å². The Bertz CT molecular complexity index is 366. The lowest BCUT2D eigenvalue weighted by Gasteiger charge is -2.20. The van der Waals surface area contributed by atoms with Gasteiger partial charge in [0.1, 0.15) is 0 Å². The predicted octanol–water partition coefficient (Wildman–Crippen LogP) is 1.05. The smallest absolute Gasteiger partial charge is 0.310 e. The van der Waals surface area contributed by atoms with Crippen LogP contribution in [0.1, 0.15) is 39.5 Å². The van der Waals surface area contributed by atoms with E-state index in [4.69, 9.17) is 0 Å². The van der Waals surface area contributed by atoms with E-state index in [0.29, 0.717) is 12.8 Å². The molecule has 1 N–H and O–H groups in total. The van der Waals surface area contributed by atoms with Crippen molar-refractivity contribution in [1.29, 1.82) is 0 Å². The molecule has 6 heteroatoms. The third-order valence-electron chi connectivity index (χ3n) is 3.33. The first-order valence-electron chi connectivity index (χ1n) is 6.01. The molecule has 3 atom stereocenters. The van der Waals surface area contributed by atoms with Gasteiger partial charge in [-0.05, 0) is 26.2 Å². The zero-order valence-corrected chi connectivity index (χ0v) is 11.4. The van der Waals surface area contributed by atoms with E-state index >= 15 is 0 Å². The molecular formula is C11H21NO4S. The fraction of sp³-hybridized carbons (Fsp3) is 0.909. The van der Waals surface area contributed by atoms with Crippen molar-refractivity contribution in [2.24, 2.45) is 5.92 Å². The fourth-order valence-corrected chi connectivity index (χ4v) is 4.23. The number of sulfonamides is 1. The van der Waals surface area contributed by atoms with Crippen LogP contribution in [0.25, 0.3) is 0 Å². The summed E-state index contributed by atoms with van der Waals surface area (Å²) in [4.78, 5) is 11.5. The van der Waals surface area contributed by atoms with E-state index in [1.807, 2.05) is 13.8 Å². The molecule has 100 valence electrons. The molecule has 1 aliphatic rings. The summed E-state index contributed by atoms with van der Waals surface area (Å²) < 4.78 is 31.5. The van der Waals surface area contributed by atoms with E-state index in [2.05, 4.69) is 9.46 Å². The maximum Gasteiger partial charge on any atom is 0.310 e. The van der Waals surface area contributed by atoms with Crippen molar-refractivity contribution in [2.75, 3.05) is 7.11 Å². The molecule has 0 saturated heterocycles. The molecule has 0 amide bonds. The monoisotopic (exact) mass is 263 g/mol. The predicted molar refractivity (Wildman–Crippen MR) is 65.0 cm³/mol. The minimum atomic E-state index is -3.43. The molecule has 17 heavy (non-hydrogen) atoms. The second kappa shape index (κ2) is 5.82. The zero-order valence-electron chi connectivity index (χ0n) is 10.6. The van der Waals surface area contributed by atoms with Gasteiger partial charge in [-0.1, -0.05) is 13.3 Å². The van der Waals surface area contributed by atoms with Crippen molar-refractivity contribution in [2.45, 2.75) is 50.8 Å². The standard InChI is InChI=1S/C11H21NO4S/c1-4-8(2)12-17(14,15)10-7-5-6-9(10)11(13)16-3/h8-10,12H,4-7H2,1-3H3. The average Bonchev–Trinajstić information content (AvgIpc) is 2.76. The molecule has 0 bridgehead atoms. The Hall–Kier alpha value is -0.620. The summed E-state index contributed by atoms with van der Waals surface area (Å²) in [6.45, 7) is 3.74. The number of nitrogens with one attached hydrogen (secondary N) is 1. The van der Waals surface area contributed by atoms with Crippen molar-refractivity contribution < 1.29 is 17.9 Å². The first kappa shape index (κ1) is 14.4. The lowest BCUT2D eigenvalue weighted by atomic mass is 10.1. The molecule has 1 fully saturated rings. The third-order valence-corrected chi connectivity index (χ3v) is 5.43. The van der Waals surface area contributed by atoms with Gasteiger partial charge in [0.25, 0.3) is 0 Å². The number of hydrogen-bond acceptors (Lipinski definition) is 4. The minimum Gasteiger partial charge on any atom is -0.469 e. The fourth-order valence-electron chi connectivity index (χ4n) is 2.17. The molecule has 3 unspecified atom stereocenters. The van der Waals surface area contributed by atoms with Gasteiger partial charge in [0.05, 0.1) is 18.3 Å². The highest BCUT2D eigenvalue weighted by Gasteiger charge is 2.42. The van der Waals surface area contributed by atoms with Gasteiger partial charge >= 0.3 is 5.97 Å². The summed E-state index contributed by atoms with van der Waals surface area (Å²) in [7, 11) is -2.13. The normalized spacial score (nSPS) is 26.8. The van der Waals surface area contributed by atoms with Crippen molar-refractivity contribution >= 4 is 16.0 Å². The molecule has 0 aromatic heterocycles. The molecule has 0 spiro atoms. The van der Waals surface area contributed by atoms with Crippen LogP contribution < -0.4 is 4.72 Å². The summed E-state index contributed by atoms with van der Waals surface area (Å²) in [6, 6.07) is -0.0982. The van der Waals surface area contributed by atoms with Crippen molar-refractivity contribution in [3.63, 3.8) is 0 Å². The van der Waals surface area contributed by atoms with Crippen LogP contribution in [-0.4, -0.2) is 32.8 Å². The highest BCUT2D eigenvalue weighted by atomic mass is 32.2. The first-order valence-corrected chi connectivity index (χ1v) is 7.56. The Balaban J connectivity index is 2.80. The summed E-state index contributed by atoms with van der Waals surface area (Å²) in [5.74, 6) is -0.927. The van der Waals surface area contributed by atoms with E-state index in [1.165, 1.54) is 7.11 Å². The second-order valence-electron chi connectivity index (χ2n) is 4.57. The van der Waals surface area contributed by atoms with Crippen LogP contribution in [0.15, 0.2) is 0 Å². The highest BCUT2D eigenvalue weighted by molar-refractivity contribution is 7.90. The van der Waals surface area contributed by atoms with Gasteiger partial charge in [-0.3, -0.25) is 4.79 Å². The van der Waals surface area contributed by atoms with Gasteiger partial charge in [-0.2, -0.15) is 0 Å². The number of esters is 1. The van der Waals surface area contributed by atoms with Crippen LogP contribution in [0.2, 0.25) is 0 Å². The first-order chi connectivity index (χ1) is 7.92. The van der Waals surface area contributed by atoms with Gasteiger partial charge < -0.3 is 4.74 Å². The Morgan fingerprint density at radius 1 is 1.47 bits per heavy atom. The Labute approximate surface area is 103 Å². The molecule has 0 aromatic carbocycles. The molecule has 5 nitrogen and oxygen atoms in total. The van der Waals surface area contributed by atoms with Crippen LogP contribution in [0.4, 0.5) is 0 Å². The zero-order chi connectivity index (χ0) is 13.1. The van der Waals surface area contributed by atoms with Crippen LogP contribution >= 0.6 is 0 Å². The average molecular weight is 263 g/mol. The van der Waals surface area contributed by atoms with E-state index in [1.54, 1.807) is 0 Å². The van der Waals surface area contributed by atoms with Gasteiger partial charge in [0.2, 0.25) is 10.0 Å². The van der Waals surface area contributed by atoms with Crippen LogP contribution in [-0.2, 0) is 19.6 Å². The van der Waals surface area contributed by atoms with E-state index in [-0.39, 0.29) is 6.04 Å². The molecule has 0 radical (unpaired) electrons. The van der Waals surface area contributed by atoms with Crippen LogP contribution in [0, 0.1) is 5.92 Å². The number of methoxy groups -OCH3 is 1. The van der Waals surface area contributed by atoms with E-state index < -0.39 is 27.2 Å². The second-order valence-corrected chi connectivity index (χ2v) is 6.50. The van der Waals surface area contributed by atoms with Crippen molar-refractivity contribution in [3.05, 3.63) is 0 Å². The Morgan fingerprint density at radius 2 is 2.12 bits per heavy atom. The quantitative estimate of drug-likeness (QED) is 0.752. The van der Waals surface area contributed by atoms with Crippen molar-refractivity contribution in [3.8, 4) is 0 Å². The van der Waals surface area contributed by atoms with E-state index in [9.17, 15) is 13.2 Å². The number of ether oxygens (including phenoxy) is 1. The summed E-state index contributed by atoms with van der Waals surface area (Å²) >= 11 is 0. The number of rotatable bonds is 5. The van der Waals surface area contributed by atoms with Gasteiger partial charge in [-0.15, -0.1) is 0 Å². The van der Waals surface area contributed by atoms with Crippen LogP contribution in [0.5, 0.6) is 0 Å². The molecule has 0 aliphatic heterocycles. The molecular weight excluding hydrogens is 242 g/mol. The lowest BCUT2D eigenvalue weighted by molar-refractivity contribution is -0.145.